The fourth-order valence-corrected chi connectivity index (χ4v) is 2.46. The lowest BCUT2D eigenvalue weighted by Gasteiger charge is -2.13. The molecule has 1 heterocycles. The van der Waals surface area contributed by atoms with E-state index in [1.54, 1.807) is 7.11 Å². The van der Waals surface area contributed by atoms with Crippen molar-refractivity contribution in [3.05, 3.63) is 51.8 Å². The summed E-state index contributed by atoms with van der Waals surface area (Å²) >= 11 is 3.52. The number of benzene rings is 1. The second-order valence-corrected chi connectivity index (χ2v) is 5.23. The maximum absolute atomic E-state index is 5.42. The Morgan fingerprint density at radius 1 is 1.26 bits per heavy atom. The summed E-state index contributed by atoms with van der Waals surface area (Å²) in [6.45, 7) is 4.71. The van der Waals surface area contributed by atoms with E-state index in [0.29, 0.717) is 6.54 Å². The van der Waals surface area contributed by atoms with Gasteiger partial charge >= 0.3 is 0 Å². The summed E-state index contributed by atoms with van der Waals surface area (Å²) in [6, 6.07) is 8.04. The number of aryl methyl sites for hydroxylation is 1. The summed E-state index contributed by atoms with van der Waals surface area (Å²) in [7, 11) is 1.69. The molecule has 1 aromatic heterocycles. The smallest absolute Gasteiger partial charge is 0.128 e. The molecule has 0 aliphatic heterocycles. The van der Waals surface area contributed by atoms with Gasteiger partial charge in [-0.1, -0.05) is 12.1 Å². The molecule has 0 atom stereocenters. The highest BCUT2D eigenvalue weighted by Gasteiger charge is 2.09. The number of nitrogens with one attached hydrogen (secondary N) is 1. The molecular weight excluding hydrogens is 304 g/mol. The van der Waals surface area contributed by atoms with Gasteiger partial charge in [0.2, 0.25) is 0 Å². The van der Waals surface area contributed by atoms with E-state index in [9.17, 15) is 0 Å². The lowest BCUT2D eigenvalue weighted by molar-refractivity contribution is 0.407. The van der Waals surface area contributed by atoms with Crippen LogP contribution in [-0.4, -0.2) is 12.1 Å². The number of pyridine rings is 1. The van der Waals surface area contributed by atoms with Crippen molar-refractivity contribution in [1.82, 2.24) is 4.98 Å². The number of hydrogen-bond donors (Lipinski definition) is 1. The van der Waals surface area contributed by atoms with E-state index >= 15 is 0 Å². The molecule has 1 N–H and O–H groups in total. The van der Waals surface area contributed by atoms with Gasteiger partial charge in [-0.05, 0) is 41.9 Å². The number of aromatic nitrogens is 1. The predicted octanol–water partition coefficient (Wildman–Crippen LogP) is 4.08. The van der Waals surface area contributed by atoms with Gasteiger partial charge in [-0.15, -0.1) is 0 Å². The Labute approximate surface area is 122 Å². The number of ether oxygens (including phenoxy) is 1. The van der Waals surface area contributed by atoms with Crippen LogP contribution in [-0.2, 0) is 6.54 Å². The minimum Gasteiger partial charge on any atom is -0.496 e. The highest BCUT2D eigenvalue weighted by atomic mass is 79.9. The van der Waals surface area contributed by atoms with Crippen LogP contribution in [0.4, 0.5) is 5.69 Å². The minimum absolute atomic E-state index is 0.672. The number of nitrogens with zero attached hydrogens (tertiary/aromatic N) is 1. The lowest BCUT2D eigenvalue weighted by Crippen LogP contribution is -2.06. The van der Waals surface area contributed by atoms with Crippen LogP contribution < -0.4 is 10.1 Å². The third-order valence-electron chi connectivity index (χ3n) is 3.07. The Kier molecular flexibility index (Phi) is 4.43. The van der Waals surface area contributed by atoms with Crippen molar-refractivity contribution < 1.29 is 4.74 Å². The molecule has 2 rings (SSSR count). The topological polar surface area (TPSA) is 34.1 Å². The average Bonchev–Trinajstić information content (AvgIpc) is 2.40. The quantitative estimate of drug-likeness (QED) is 0.921. The Balaban J connectivity index is 2.19. The van der Waals surface area contributed by atoms with Gasteiger partial charge in [-0.2, -0.15) is 0 Å². The van der Waals surface area contributed by atoms with Crippen LogP contribution >= 0.6 is 15.9 Å². The normalized spacial score (nSPS) is 10.3. The molecule has 0 amide bonds. The van der Waals surface area contributed by atoms with Crippen molar-refractivity contribution in [2.75, 3.05) is 12.4 Å². The van der Waals surface area contributed by atoms with Crippen LogP contribution in [0.3, 0.4) is 0 Å². The first-order valence-corrected chi connectivity index (χ1v) is 6.90. The highest BCUT2D eigenvalue weighted by Crippen LogP contribution is 2.26. The molecule has 19 heavy (non-hydrogen) atoms. The number of rotatable bonds is 4. The predicted molar refractivity (Wildman–Crippen MR) is 81.7 cm³/mol. The summed E-state index contributed by atoms with van der Waals surface area (Å²) in [5.41, 5.74) is 4.20. The molecule has 0 bridgehead atoms. The van der Waals surface area contributed by atoms with Gasteiger partial charge in [-0.3, -0.25) is 4.98 Å². The fourth-order valence-electron chi connectivity index (χ4n) is 2.03. The van der Waals surface area contributed by atoms with Gasteiger partial charge in [-0.25, -0.2) is 0 Å². The Hall–Kier alpha value is -1.55. The van der Waals surface area contributed by atoms with Crippen molar-refractivity contribution in [3.8, 4) is 5.75 Å². The van der Waals surface area contributed by atoms with Crippen LogP contribution in [0.1, 0.15) is 16.8 Å². The van der Waals surface area contributed by atoms with Crippen molar-refractivity contribution >= 4 is 21.6 Å². The van der Waals surface area contributed by atoms with Gasteiger partial charge in [0, 0.05) is 27.5 Å². The highest BCUT2D eigenvalue weighted by molar-refractivity contribution is 9.10. The second-order valence-electron chi connectivity index (χ2n) is 4.38. The zero-order chi connectivity index (χ0) is 13.8. The third kappa shape index (κ3) is 3.07. The molecule has 1 aromatic carbocycles. The molecule has 3 nitrogen and oxygen atoms in total. The van der Waals surface area contributed by atoms with E-state index in [0.717, 1.165) is 32.7 Å². The van der Waals surface area contributed by atoms with Gasteiger partial charge in [0.1, 0.15) is 5.75 Å². The van der Waals surface area contributed by atoms with E-state index in [4.69, 9.17) is 4.74 Å². The van der Waals surface area contributed by atoms with Gasteiger partial charge in [0.25, 0.3) is 0 Å². The standard InChI is InChI=1S/C15H17BrN2O/c1-10-8-17-14(11(2)15(10)19-3)9-18-13-7-5-4-6-12(13)16/h4-8,18H,9H2,1-3H3. The number of halogens is 1. The van der Waals surface area contributed by atoms with Crippen LogP contribution in [0.2, 0.25) is 0 Å². The van der Waals surface area contributed by atoms with E-state index in [1.807, 2.05) is 44.3 Å². The van der Waals surface area contributed by atoms with E-state index < -0.39 is 0 Å². The van der Waals surface area contributed by atoms with Crippen LogP contribution in [0.15, 0.2) is 34.9 Å². The largest absolute Gasteiger partial charge is 0.496 e. The maximum atomic E-state index is 5.42. The molecule has 0 radical (unpaired) electrons. The molecule has 100 valence electrons. The van der Waals surface area contributed by atoms with Crippen LogP contribution in [0.25, 0.3) is 0 Å². The number of methoxy groups -OCH3 is 1. The second kappa shape index (κ2) is 6.06. The van der Waals surface area contributed by atoms with Gasteiger partial charge in [0.15, 0.2) is 0 Å². The van der Waals surface area contributed by atoms with Crippen molar-refractivity contribution in [3.63, 3.8) is 0 Å². The Bertz CT molecular complexity index is 584. The number of para-hydroxylation sites is 1. The Morgan fingerprint density at radius 2 is 2.00 bits per heavy atom. The third-order valence-corrected chi connectivity index (χ3v) is 3.76. The summed E-state index contributed by atoms with van der Waals surface area (Å²) < 4.78 is 6.46. The van der Waals surface area contributed by atoms with E-state index in [-0.39, 0.29) is 0 Å². The van der Waals surface area contributed by atoms with Crippen molar-refractivity contribution in [2.45, 2.75) is 20.4 Å². The summed E-state index contributed by atoms with van der Waals surface area (Å²) in [4.78, 5) is 4.47. The van der Waals surface area contributed by atoms with E-state index in [2.05, 4.69) is 26.2 Å². The molecule has 0 unspecified atom stereocenters. The van der Waals surface area contributed by atoms with Crippen molar-refractivity contribution in [1.29, 1.82) is 0 Å². The minimum atomic E-state index is 0.672. The fraction of sp³-hybridized carbons (Fsp3) is 0.267. The summed E-state index contributed by atoms with van der Waals surface area (Å²) in [5.74, 6) is 0.916. The summed E-state index contributed by atoms with van der Waals surface area (Å²) in [6.07, 6.45) is 1.85. The molecule has 0 aliphatic carbocycles. The average molecular weight is 321 g/mol. The van der Waals surface area contributed by atoms with Crippen molar-refractivity contribution in [2.24, 2.45) is 0 Å². The molecule has 0 fully saturated rings. The zero-order valence-corrected chi connectivity index (χ0v) is 12.9. The van der Waals surface area contributed by atoms with Gasteiger partial charge < -0.3 is 10.1 Å². The first kappa shape index (κ1) is 13.9. The molecule has 0 aliphatic rings. The monoisotopic (exact) mass is 320 g/mol. The molecule has 2 aromatic rings. The molecule has 4 heteroatoms. The SMILES string of the molecule is COc1c(C)cnc(CNc2ccccc2Br)c1C. The number of hydrogen-bond acceptors (Lipinski definition) is 3. The van der Waals surface area contributed by atoms with Crippen LogP contribution in [0.5, 0.6) is 5.75 Å². The van der Waals surface area contributed by atoms with Gasteiger partial charge in [0.05, 0.1) is 19.3 Å². The van der Waals surface area contributed by atoms with Crippen LogP contribution in [0, 0.1) is 13.8 Å². The summed E-state index contributed by atoms with van der Waals surface area (Å²) in [5, 5.41) is 3.38. The lowest BCUT2D eigenvalue weighted by atomic mass is 10.1. The maximum Gasteiger partial charge on any atom is 0.128 e. The zero-order valence-electron chi connectivity index (χ0n) is 11.3. The molecule has 0 saturated carbocycles. The van der Waals surface area contributed by atoms with E-state index in [1.165, 1.54) is 0 Å². The molecule has 0 spiro atoms. The number of anilines is 1. The first-order chi connectivity index (χ1) is 9.13. The first-order valence-electron chi connectivity index (χ1n) is 6.11. The molecule has 0 saturated heterocycles. The molecular formula is C15H17BrN2O. The Morgan fingerprint density at radius 3 is 2.68 bits per heavy atom.